The van der Waals surface area contributed by atoms with Crippen molar-refractivity contribution in [3.63, 3.8) is 0 Å². The topological polar surface area (TPSA) is 60.3 Å². The van der Waals surface area contributed by atoms with E-state index in [4.69, 9.17) is 4.74 Å². The molecule has 0 radical (unpaired) electrons. The molecular formula is C25H26N2O3. The van der Waals surface area contributed by atoms with E-state index >= 15 is 0 Å². The van der Waals surface area contributed by atoms with E-state index in [0.29, 0.717) is 24.2 Å². The molecule has 154 valence electrons. The fourth-order valence-corrected chi connectivity index (χ4v) is 3.93. The predicted octanol–water partition coefficient (Wildman–Crippen LogP) is 4.18. The van der Waals surface area contributed by atoms with Crippen LogP contribution in [0.3, 0.4) is 0 Å². The molecule has 30 heavy (non-hydrogen) atoms. The van der Waals surface area contributed by atoms with Gasteiger partial charge < -0.3 is 14.6 Å². The summed E-state index contributed by atoms with van der Waals surface area (Å²) in [7, 11) is 0. The maximum absolute atomic E-state index is 13.2. The summed E-state index contributed by atoms with van der Waals surface area (Å²) in [5.41, 5.74) is 3.97. The van der Waals surface area contributed by atoms with Gasteiger partial charge in [0.25, 0.3) is 11.5 Å². The van der Waals surface area contributed by atoms with Crippen LogP contribution in [0, 0.1) is 0 Å². The number of pyridine rings is 1. The van der Waals surface area contributed by atoms with Crippen molar-refractivity contribution >= 4 is 5.91 Å². The highest BCUT2D eigenvalue weighted by Gasteiger charge is 2.24. The molecule has 1 aliphatic heterocycles. The third-order valence-corrected chi connectivity index (χ3v) is 5.27. The summed E-state index contributed by atoms with van der Waals surface area (Å²) >= 11 is 0. The molecule has 2 heterocycles. The number of carbonyl (C=O) groups is 1. The summed E-state index contributed by atoms with van der Waals surface area (Å²) < 4.78 is 7.41. The Morgan fingerprint density at radius 1 is 1.10 bits per heavy atom. The molecule has 0 unspecified atom stereocenters. The van der Waals surface area contributed by atoms with E-state index in [9.17, 15) is 9.59 Å². The molecule has 0 spiro atoms. The Bertz CT molecular complexity index is 1100. The van der Waals surface area contributed by atoms with Crippen molar-refractivity contribution in [3.05, 3.63) is 87.8 Å². The third kappa shape index (κ3) is 4.15. The van der Waals surface area contributed by atoms with Crippen molar-refractivity contribution in [2.45, 2.75) is 45.9 Å². The Balaban J connectivity index is 1.61. The van der Waals surface area contributed by atoms with E-state index in [1.807, 2.05) is 68.4 Å². The first-order valence-electron chi connectivity index (χ1n) is 10.4. The smallest absolute Gasteiger partial charge is 0.253 e. The molecule has 0 bridgehead atoms. The molecule has 0 atom stereocenters. The van der Waals surface area contributed by atoms with Crippen LogP contribution in [-0.4, -0.2) is 16.6 Å². The average Bonchev–Trinajstić information content (AvgIpc) is 3.23. The number of nitrogens with one attached hydrogen (secondary N) is 1. The lowest BCUT2D eigenvalue weighted by atomic mass is 9.97. The quantitative estimate of drug-likeness (QED) is 0.673. The maximum Gasteiger partial charge on any atom is 0.253 e. The summed E-state index contributed by atoms with van der Waals surface area (Å²) in [6, 6.07) is 19.0. The molecule has 0 fully saturated rings. The molecule has 3 aromatic rings. The van der Waals surface area contributed by atoms with Crippen molar-refractivity contribution in [2.75, 3.05) is 0 Å². The van der Waals surface area contributed by atoms with Gasteiger partial charge in [-0.15, -0.1) is 0 Å². The molecule has 5 heteroatoms. The standard InChI is InChI=1S/C25H26N2O3/c1-17(2)30-20-12-10-18(11-13-20)16-26-25(29)24-21(19-7-4-3-5-8-19)15-23(28)27-14-6-9-22(24)27/h3-5,7-8,10-13,15,17H,6,9,14,16H2,1-2H3,(H,26,29). The minimum atomic E-state index is -0.151. The summed E-state index contributed by atoms with van der Waals surface area (Å²) in [5.74, 6) is 0.661. The molecule has 2 aromatic carbocycles. The van der Waals surface area contributed by atoms with E-state index < -0.39 is 0 Å². The Hall–Kier alpha value is -3.34. The van der Waals surface area contributed by atoms with Gasteiger partial charge in [0.15, 0.2) is 0 Å². The highest BCUT2D eigenvalue weighted by Crippen LogP contribution is 2.28. The number of hydrogen-bond acceptors (Lipinski definition) is 3. The van der Waals surface area contributed by atoms with Crippen LogP contribution in [-0.2, 0) is 19.5 Å². The lowest BCUT2D eigenvalue weighted by molar-refractivity contribution is 0.0950. The number of ether oxygens (including phenoxy) is 1. The molecule has 0 saturated heterocycles. The molecule has 0 aliphatic carbocycles. The molecule has 1 aromatic heterocycles. The van der Waals surface area contributed by atoms with Crippen LogP contribution < -0.4 is 15.6 Å². The van der Waals surface area contributed by atoms with E-state index in [0.717, 1.165) is 35.4 Å². The minimum Gasteiger partial charge on any atom is -0.491 e. The Morgan fingerprint density at radius 2 is 1.83 bits per heavy atom. The molecule has 0 saturated carbocycles. The Kier molecular flexibility index (Phi) is 5.70. The molecule has 1 amide bonds. The van der Waals surface area contributed by atoms with Gasteiger partial charge in [0.05, 0.1) is 11.7 Å². The number of rotatable bonds is 6. The normalized spacial score (nSPS) is 12.6. The van der Waals surface area contributed by atoms with Crippen LogP contribution in [0.4, 0.5) is 0 Å². The van der Waals surface area contributed by atoms with E-state index in [1.165, 1.54) is 0 Å². The average molecular weight is 402 g/mol. The van der Waals surface area contributed by atoms with E-state index in [2.05, 4.69) is 5.32 Å². The fraction of sp³-hybridized carbons (Fsp3) is 0.280. The lowest BCUT2D eigenvalue weighted by Crippen LogP contribution is -2.29. The first-order chi connectivity index (χ1) is 14.5. The number of amides is 1. The SMILES string of the molecule is CC(C)Oc1ccc(CNC(=O)c2c(-c3ccccc3)cc(=O)n3c2CCC3)cc1. The van der Waals surface area contributed by atoms with Gasteiger partial charge in [0.1, 0.15) is 5.75 Å². The molecule has 5 nitrogen and oxygen atoms in total. The highest BCUT2D eigenvalue weighted by atomic mass is 16.5. The van der Waals surface area contributed by atoms with E-state index in [1.54, 1.807) is 10.6 Å². The Morgan fingerprint density at radius 3 is 2.53 bits per heavy atom. The first-order valence-corrected chi connectivity index (χ1v) is 10.4. The van der Waals surface area contributed by atoms with Gasteiger partial charge >= 0.3 is 0 Å². The maximum atomic E-state index is 13.2. The second kappa shape index (κ2) is 8.57. The molecular weight excluding hydrogens is 376 g/mol. The van der Waals surface area contributed by atoms with Gasteiger partial charge in [-0.1, -0.05) is 42.5 Å². The molecule has 1 N–H and O–H groups in total. The van der Waals surface area contributed by atoms with Gasteiger partial charge in [-0.05, 0) is 49.9 Å². The summed E-state index contributed by atoms with van der Waals surface area (Å²) in [6.07, 6.45) is 1.74. The van der Waals surface area contributed by atoms with Crippen molar-refractivity contribution in [1.29, 1.82) is 0 Å². The third-order valence-electron chi connectivity index (χ3n) is 5.27. The lowest BCUT2D eigenvalue weighted by Gasteiger charge is -2.16. The highest BCUT2D eigenvalue weighted by molar-refractivity contribution is 6.02. The van der Waals surface area contributed by atoms with Gasteiger partial charge in [-0.3, -0.25) is 9.59 Å². The second-order valence-electron chi connectivity index (χ2n) is 7.83. The zero-order valence-corrected chi connectivity index (χ0v) is 17.4. The summed E-state index contributed by atoms with van der Waals surface area (Å²) in [4.78, 5) is 25.8. The minimum absolute atomic E-state index is 0.0429. The van der Waals surface area contributed by atoms with Gasteiger partial charge in [0, 0.05) is 30.4 Å². The van der Waals surface area contributed by atoms with Gasteiger partial charge in [0.2, 0.25) is 0 Å². The van der Waals surface area contributed by atoms with Crippen LogP contribution in [0.1, 0.15) is 41.9 Å². The zero-order chi connectivity index (χ0) is 21.1. The van der Waals surface area contributed by atoms with Crippen LogP contribution in [0.25, 0.3) is 11.1 Å². The summed E-state index contributed by atoms with van der Waals surface area (Å²) in [5, 5.41) is 3.04. The van der Waals surface area contributed by atoms with Crippen molar-refractivity contribution < 1.29 is 9.53 Å². The van der Waals surface area contributed by atoms with Gasteiger partial charge in [-0.2, -0.15) is 0 Å². The van der Waals surface area contributed by atoms with Crippen LogP contribution >= 0.6 is 0 Å². The first kappa shape index (κ1) is 20.0. The van der Waals surface area contributed by atoms with Gasteiger partial charge in [-0.25, -0.2) is 0 Å². The van der Waals surface area contributed by atoms with Crippen molar-refractivity contribution in [1.82, 2.24) is 9.88 Å². The summed E-state index contributed by atoms with van der Waals surface area (Å²) in [6.45, 7) is 5.05. The largest absolute Gasteiger partial charge is 0.491 e. The van der Waals surface area contributed by atoms with Crippen LogP contribution in [0.5, 0.6) is 5.75 Å². The van der Waals surface area contributed by atoms with Crippen molar-refractivity contribution in [3.8, 4) is 16.9 Å². The number of nitrogens with zero attached hydrogens (tertiary/aromatic N) is 1. The Labute approximate surface area is 176 Å². The number of fused-ring (bicyclic) bond motifs is 1. The number of aromatic nitrogens is 1. The van der Waals surface area contributed by atoms with Crippen LogP contribution in [0.15, 0.2) is 65.5 Å². The number of carbonyl (C=O) groups excluding carboxylic acids is 1. The van der Waals surface area contributed by atoms with Crippen LogP contribution in [0.2, 0.25) is 0 Å². The second-order valence-corrected chi connectivity index (χ2v) is 7.83. The molecule has 1 aliphatic rings. The van der Waals surface area contributed by atoms with Crippen molar-refractivity contribution in [2.24, 2.45) is 0 Å². The van der Waals surface area contributed by atoms with E-state index in [-0.39, 0.29) is 17.6 Å². The number of benzene rings is 2. The molecule has 4 rings (SSSR count). The fourth-order valence-electron chi connectivity index (χ4n) is 3.93. The zero-order valence-electron chi connectivity index (χ0n) is 17.4. The monoisotopic (exact) mass is 402 g/mol. The predicted molar refractivity (Wildman–Crippen MR) is 118 cm³/mol. The number of hydrogen-bond donors (Lipinski definition) is 1.